The van der Waals surface area contributed by atoms with Gasteiger partial charge in [0.15, 0.2) is 0 Å². The number of rotatable bonds is 4. The number of hydrogen-bond donors (Lipinski definition) is 2. The Labute approximate surface area is 77.2 Å². The SMILES string of the molecule is CC(O)CN[C@@H](C)c1cccs1. The van der Waals surface area contributed by atoms with Gasteiger partial charge in [-0.25, -0.2) is 0 Å². The van der Waals surface area contributed by atoms with Crippen molar-refractivity contribution in [2.45, 2.75) is 26.0 Å². The zero-order valence-electron chi connectivity index (χ0n) is 7.45. The summed E-state index contributed by atoms with van der Waals surface area (Å²) in [6.45, 7) is 4.54. The second-order valence-corrected chi connectivity index (χ2v) is 3.97. The Morgan fingerprint density at radius 3 is 2.83 bits per heavy atom. The topological polar surface area (TPSA) is 32.3 Å². The summed E-state index contributed by atoms with van der Waals surface area (Å²) in [5, 5.41) is 14.3. The van der Waals surface area contributed by atoms with E-state index in [2.05, 4.69) is 23.7 Å². The Morgan fingerprint density at radius 1 is 1.58 bits per heavy atom. The molecule has 0 aliphatic rings. The molecule has 0 saturated heterocycles. The van der Waals surface area contributed by atoms with Crippen molar-refractivity contribution >= 4 is 11.3 Å². The molecule has 3 heteroatoms. The molecule has 1 heterocycles. The van der Waals surface area contributed by atoms with Gasteiger partial charge in [-0.2, -0.15) is 0 Å². The Bertz CT molecular complexity index is 208. The van der Waals surface area contributed by atoms with E-state index < -0.39 is 0 Å². The van der Waals surface area contributed by atoms with Gasteiger partial charge >= 0.3 is 0 Å². The highest BCUT2D eigenvalue weighted by atomic mass is 32.1. The van der Waals surface area contributed by atoms with Crippen LogP contribution < -0.4 is 5.32 Å². The summed E-state index contributed by atoms with van der Waals surface area (Å²) in [5.74, 6) is 0. The van der Waals surface area contributed by atoms with Gasteiger partial charge in [0.2, 0.25) is 0 Å². The standard InChI is InChI=1S/C9H15NOS/c1-7(11)6-10-8(2)9-4-3-5-12-9/h3-5,7-8,10-11H,6H2,1-2H3/t7?,8-/m0/s1. The minimum atomic E-state index is -0.271. The third-order valence-electron chi connectivity index (χ3n) is 1.69. The van der Waals surface area contributed by atoms with Gasteiger partial charge in [-0.1, -0.05) is 6.07 Å². The molecule has 2 nitrogen and oxygen atoms in total. The van der Waals surface area contributed by atoms with Gasteiger partial charge in [0.1, 0.15) is 0 Å². The van der Waals surface area contributed by atoms with Crippen LogP contribution in [0.25, 0.3) is 0 Å². The predicted octanol–water partition coefficient (Wildman–Crippen LogP) is 1.78. The van der Waals surface area contributed by atoms with E-state index in [1.165, 1.54) is 4.88 Å². The predicted molar refractivity (Wildman–Crippen MR) is 52.4 cm³/mol. The fourth-order valence-electron chi connectivity index (χ4n) is 0.986. The van der Waals surface area contributed by atoms with E-state index in [4.69, 9.17) is 5.11 Å². The average molecular weight is 185 g/mol. The second kappa shape index (κ2) is 4.60. The quantitative estimate of drug-likeness (QED) is 0.749. The lowest BCUT2D eigenvalue weighted by molar-refractivity contribution is 0.187. The van der Waals surface area contributed by atoms with Crippen LogP contribution >= 0.6 is 11.3 Å². The van der Waals surface area contributed by atoms with Gasteiger partial charge in [0.25, 0.3) is 0 Å². The molecule has 1 unspecified atom stereocenters. The van der Waals surface area contributed by atoms with Gasteiger partial charge in [0.05, 0.1) is 6.10 Å². The monoisotopic (exact) mass is 185 g/mol. The molecule has 2 atom stereocenters. The summed E-state index contributed by atoms with van der Waals surface area (Å²) in [6, 6.07) is 4.49. The summed E-state index contributed by atoms with van der Waals surface area (Å²) < 4.78 is 0. The summed E-state index contributed by atoms with van der Waals surface area (Å²) in [7, 11) is 0. The minimum absolute atomic E-state index is 0.271. The molecular formula is C9H15NOS. The zero-order valence-corrected chi connectivity index (χ0v) is 8.27. The van der Waals surface area contributed by atoms with Crippen molar-refractivity contribution in [3.8, 4) is 0 Å². The van der Waals surface area contributed by atoms with Crippen molar-refractivity contribution in [3.63, 3.8) is 0 Å². The maximum absolute atomic E-state index is 9.04. The Hall–Kier alpha value is -0.380. The molecule has 0 spiro atoms. The van der Waals surface area contributed by atoms with Crippen molar-refractivity contribution in [2.75, 3.05) is 6.54 Å². The summed E-state index contributed by atoms with van der Waals surface area (Å²) >= 11 is 1.74. The van der Waals surface area contributed by atoms with Crippen LogP contribution in [-0.2, 0) is 0 Å². The van der Waals surface area contributed by atoms with Crippen LogP contribution in [0.4, 0.5) is 0 Å². The lowest BCUT2D eigenvalue weighted by atomic mass is 10.2. The largest absolute Gasteiger partial charge is 0.392 e. The molecular weight excluding hydrogens is 170 g/mol. The summed E-state index contributed by atoms with van der Waals surface area (Å²) in [6.07, 6.45) is -0.271. The van der Waals surface area contributed by atoms with E-state index in [1.54, 1.807) is 18.3 Å². The molecule has 0 aromatic carbocycles. The van der Waals surface area contributed by atoms with Crippen molar-refractivity contribution < 1.29 is 5.11 Å². The van der Waals surface area contributed by atoms with E-state index in [1.807, 2.05) is 6.07 Å². The molecule has 0 amide bonds. The van der Waals surface area contributed by atoms with Crippen molar-refractivity contribution in [1.82, 2.24) is 5.32 Å². The van der Waals surface area contributed by atoms with Gasteiger partial charge in [-0.15, -0.1) is 11.3 Å². The highest BCUT2D eigenvalue weighted by Crippen LogP contribution is 2.17. The van der Waals surface area contributed by atoms with Crippen LogP contribution in [0.15, 0.2) is 17.5 Å². The molecule has 0 aliphatic heterocycles. The van der Waals surface area contributed by atoms with E-state index in [0.29, 0.717) is 12.6 Å². The van der Waals surface area contributed by atoms with Gasteiger partial charge in [0, 0.05) is 17.5 Å². The Balaban J connectivity index is 2.34. The van der Waals surface area contributed by atoms with E-state index in [9.17, 15) is 0 Å². The van der Waals surface area contributed by atoms with Crippen molar-refractivity contribution in [2.24, 2.45) is 0 Å². The molecule has 1 aromatic rings. The lowest BCUT2D eigenvalue weighted by Gasteiger charge is -2.12. The van der Waals surface area contributed by atoms with Crippen LogP contribution in [-0.4, -0.2) is 17.8 Å². The molecule has 0 saturated carbocycles. The first-order chi connectivity index (χ1) is 5.70. The molecule has 0 radical (unpaired) electrons. The molecule has 1 rings (SSSR count). The molecule has 0 aliphatic carbocycles. The molecule has 12 heavy (non-hydrogen) atoms. The smallest absolute Gasteiger partial charge is 0.0636 e. The number of thiophene rings is 1. The van der Waals surface area contributed by atoms with Crippen LogP contribution in [0.3, 0.4) is 0 Å². The fraction of sp³-hybridized carbons (Fsp3) is 0.556. The first kappa shape index (κ1) is 9.71. The maximum atomic E-state index is 9.04. The minimum Gasteiger partial charge on any atom is -0.392 e. The highest BCUT2D eigenvalue weighted by molar-refractivity contribution is 7.10. The lowest BCUT2D eigenvalue weighted by Crippen LogP contribution is -2.26. The molecule has 1 aromatic heterocycles. The van der Waals surface area contributed by atoms with Crippen LogP contribution in [0, 0.1) is 0 Å². The van der Waals surface area contributed by atoms with E-state index in [-0.39, 0.29) is 6.10 Å². The third-order valence-corrected chi connectivity index (χ3v) is 2.74. The van der Waals surface area contributed by atoms with E-state index in [0.717, 1.165) is 0 Å². The fourth-order valence-corrected chi connectivity index (χ4v) is 1.74. The number of aliphatic hydroxyl groups excluding tert-OH is 1. The first-order valence-electron chi connectivity index (χ1n) is 4.15. The molecule has 0 bridgehead atoms. The van der Waals surface area contributed by atoms with Crippen molar-refractivity contribution in [1.29, 1.82) is 0 Å². The van der Waals surface area contributed by atoms with Gasteiger partial charge in [-0.05, 0) is 25.3 Å². The number of nitrogens with one attached hydrogen (secondary N) is 1. The molecule has 68 valence electrons. The average Bonchev–Trinajstić information content (AvgIpc) is 2.51. The second-order valence-electron chi connectivity index (χ2n) is 2.99. The maximum Gasteiger partial charge on any atom is 0.0636 e. The Morgan fingerprint density at radius 2 is 2.33 bits per heavy atom. The van der Waals surface area contributed by atoms with Crippen molar-refractivity contribution in [3.05, 3.63) is 22.4 Å². The van der Waals surface area contributed by atoms with Crippen LogP contribution in [0.1, 0.15) is 24.8 Å². The third kappa shape index (κ3) is 2.93. The first-order valence-corrected chi connectivity index (χ1v) is 5.03. The van der Waals surface area contributed by atoms with E-state index >= 15 is 0 Å². The number of aliphatic hydroxyl groups is 1. The number of hydrogen-bond acceptors (Lipinski definition) is 3. The summed E-state index contributed by atoms with van der Waals surface area (Å²) in [5.41, 5.74) is 0. The Kier molecular flexibility index (Phi) is 3.72. The molecule has 2 N–H and O–H groups in total. The normalized spacial score (nSPS) is 15.9. The van der Waals surface area contributed by atoms with Crippen LogP contribution in [0.5, 0.6) is 0 Å². The van der Waals surface area contributed by atoms with Crippen LogP contribution in [0.2, 0.25) is 0 Å². The van der Waals surface area contributed by atoms with Gasteiger partial charge in [-0.3, -0.25) is 0 Å². The zero-order chi connectivity index (χ0) is 8.97. The molecule has 0 fully saturated rings. The van der Waals surface area contributed by atoms with Gasteiger partial charge < -0.3 is 10.4 Å². The highest BCUT2D eigenvalue weighted by Gasteiger charge is 2.05. The summed E-state index contributed by atoms with van der Waals surface area (Å²) in [4.78, 5) is 1.32.